The molecule has 1 atom stereocenters. The Kier molecular flexibility index (Phi) is 4.01. The second kappa shape index (κ2) is 5.45. The van der Waals surface area contributed by atoms with E-state index in [1.807, 2.05) is 0 Å². The molecule has 1 aromatic heterocycles. The van der Waals surface area contributed by atoms with Crippen molar-refractivity contribution >= 4 is 27.7 Å². The second-order valence-electron chi connectivity index (χ2n) is 4.74. The predicted molar refractivity (Wildman–Crippen MR) is 73.4 cm³/mol. The molecule has 0 bridgehead atoms. The highest BCUT2D eigenvalue weighted by molar-refractivity contribution is 7.89. The number of nitrogens with two attached hydrogens (primary N) is 1. The van der Waals surface area contributed by atoms with Crippen LogP contribution in [0.3, 0.4) is 0 Å². The maximum Gasteiger partial charge on any atom is 0.247 e. The summed E-state index contributed by atoms with van der Waals surface area (Å²) < 4.78 is 28.2. The molecular formula is C11H17N5O4S. The Labute approximate surface area is 122 Å². The maximum absolute atomic E-state index is 12.3. The quantitative estimate of drug-likeness (QED) is 0.680. The molecule has 0 radical (unpaired) electrons. The molecule has 116 valence electrons. The first-order chi connectivity index (χ1) is 9.76. The minimum atomic E-state index is -3.97. The first-order valence-electron chi connectivity index (χ1n) is 6.42. The zero-order valence-corrected chi connectivity index (χ0v) is 12.6. The molecule has 9 nitrogen and oxygen atoms in total. The number of rotatable bonds is 4. The number of likely N-dealkylation sites (N-methyl/N-ethyl adjacent to an activating group) is 1. The number of carbonyl (C=O) groups excluding carboxylic acids is 2. The van der Waals surface area contributed by atoms with Crippen molar-refractivity contribution in [2.45, 2.75) is 37.2 Å². The maximum atomic E-state index is 12.3. The molecule has 2 amide bonds. The zero-order valence-electron chi connectivity index (χ0n) is 11.7. The van der Waals surface area contributed by atoms with Crippen LogP contribution in [-0.4, -0.2) is 48.0 Å². The van der Waals surface area contributed by atoms with Crippen LogP contribution < -0.4 is 10.5 Å². The van der Waals surface area contributed by atoms with Crippen molar-refractivity contribution in [2.24, 2.45) is 0 Å². The SMILES string of the molecule is CCn1cc(S(=O)(=O)NC2CCC(=O)N(C)C2=O)c(N)n1. The van der Waals surface area contributed by atoms with Gasteiger partial charge in [-0.2, -0.15) is 9.82 Å². The van der Waals surface area contributed by atoms with E-state index in [1.165, 1.54) is 17.9 Å². The molecule has 0 spiro atoms. The number of nitrogens with one attached hydrogen (secondary N) is 1. The molecular weight excluding hydrogens is 298 g/mol. The molecule has 1 saturated heterocycles. The number of piperidine rings is 1. The molecule has 1 unspecified atom stereocenters. The number of likely N-dealkylation sites (tertiary alicyclic amines) is 1. The fourth-order valence-electron chi connectivity index (χ4n) is 2.06. The third kappa shape index (κ3) is 2.90. The van der Waals surface area contributed by atoms with Crippen LogP contribution in [0.25, 0.3) is 0 Å². The molecule has 0 aromatic carbocycles. The van der Waals surface area contributed by atoms with Crippen LogP contribution in [0.15, 0.2) is 11.1 Å². The number of nitrogens with zero attached hydrogens (tertiary/aromatic N) is 3. The highest BCUT2D eigenvalue weighted by Gasteiger charge is 2.35. The van der Waals surface area contributed by atoms with Gasteiger partial charge in [-0.3, -0.25) is 19.2 Å². The predicted octanol–water partition coefficient (Wildman–Crippen LogP) is -1.09. The number of imide groups is 1. The average molecular weight is 315 g/mol. The standard InChI is InChI=1S/C11H17N5O4S/c1-3-16-6-8(10(12)13-16)21(19,20)14-7-4-5-9(17)15(2)11(7)18/h6-7,14H,3-5H2,1-2H3,(H2,12,13). The first-order valence-corrected chi connectivity index (χ1v) is 7.90. The normalized spacial score (nSPS) is 20.1. The lowest BCUT2D eigenvalue weighted by atomic mass is 10.1. The number of amides is 2. The molecule has 0 aliphatic carbocycles. The number of carbonyl (C=O) groups is 2. The Hall–Kier alpha value is -1.94. The lowest BCUT2D eigenvalue weighted by molar-refractivity contribution is -0.147. The number of sulfonamides is 1. The molecule has 2 rings (SSSR count). The molecule has 2 heterocycles. The molecule has 10 heteroatoms. The van der Waals surface area contributed by atoms with E-state index in [9.17, 15) is 18.0 Å². The van der Waals surface area contributed by atoms with E-state index >= 15 is 0 Å². The number of nitrogen functional groups attached to an aromatic ring is 1. The van der Waals surface area contributed by atoms with Crippen molar-refractivity contribution in [3.63, 3.8) is 0 Å². The van der Waals surface area contributed by atoms with E-state index in [4.69, 9.17) is 5.73 Å². The Morgan fingerprint density at radius 3 is 2.71 bits per heavy atom. The third-order valence-corrected chi connectivity index (χ3v) is 4.80. The highest BCUT2D eigenvalue weighted by atomic mass is 32.2. The van der Waals surface area contributed by atoms with Gasteiger partial charge in [0.1, 0.15) is 10.9 Å². The summed E-state index contributed by atoms with van der Waals surface area (Å²) >= 11 is 0. The zero-order chi connectivity index (χ0) is 15.8. The number of hydrogen-bond acceptors (Lipinski definition) is 6. The molecule has 1 aromatic rings. The van der Waals surface area contributed by atoms with E-state index in [0.29, 0.717) is 6.54 Å². The van der Waals surface area contributed by atoms with Gasteiger partial charge in [0.25, 0.3) is 0 Å². The Balaban J connectivity index is 2.23. The smallest absolute Gasteiger partial charge is 0.247 e. The van der Waals surface area contributed by atoms with E-state index in [-0.39, 0.29) is 29.5 Å². The van der Waals surface area contributed by atoms with Gasteiger partial charge < -0.3 is 5.73 Å². The van der Waals surface area contributed by atoms with Crippen LogP contribution in [0.2, 0.25) is 0 Å². The molecule has 0 saturated carbocycles. The topological polar surface area (TPSA) is 127 Å². The Morgan fingerprint density at radius 1 is 1.48 bits per heavy atom. The fourth-order valence-corrected chi connectivity index (χ4v) is 3.36. The number of anilines is 1. The third-order valence-electron chi connectivity index (χ3n) is 3.32. The summed E-state index contributed by atoms with van der Waals surface area (Å²) in [5.41, 5.74) is 5.59. The van der Waals surface area contributed by atoms with Gasteiger partial charge in [0.2, 0.25) is 21.8 Å². The highest BCUT2D eigenvalue weighted by Crippen LogP contribution is 2.19. The summed E-state index contributed by atoms with van der Waals surface area (Å²) in [6, 6.07) is -0.970. The summed E-state index contributed by atoms with van der Waals surface area (Å²) in [6.07, 6.45) is 1.54. The summed E-state index contributed by atoms with van der Waals surface area (Å²) in [6.45, 7) is 2.26. The van der Waals surface area contributed by atoms with Gasteiger partial charge in [0.15, 0.2) is 5.82 Å². The molecule has 3 N–H and O–H groups in total. The van der Waals surface area contributed by atoms with E-state index in [2.05, 4.69) is 9.82 Å². The molecule has 1 fully saturated rings. The number of hydrogen-bond donors (Lipinski definition) is 2. The van der Waals surface area contributed by atoms with Crippen LogP contribution in [0.4, 0.5) is 5.82 Å². The van der Waals surface area contributed by atoms with Crippen LogP contribution in [0, 0.1) is 0 Å². The van der Waals surface area contributed by atoms with E-state index < -0.39 is 22.0 Å². The summed E-state index contributed by atoms with van der Waals surface area (Å²) in [7, 11) is -2.64. The summed E-state index contributed by atoms with van der Waals surface area (Å²) in [5, 5.41) is 3.86. The second-order valence-corrected chi connectivity index (χ2v) is 6.42. The number of aromatic nitrogens is 2. The fraction of sp³-hybridized carbons (Fsp3) is 0.545. The first kappa shape index (κ1) is 15.4. The van der Waals surface area contributed by atoms with Gasteiger partial charge in [-0.1, -0.05) is 0 Å². The van der Waals surface area contributed by atoms with Crippen molar-refractivity contribution in [2.75, 3.05) is 12.8 Å². The average Bonchev–Trinajstić information content (AvgIpc) is 2.81. The Morgan fingerprint density at radius 2 is 2.14 bits per heavy atom. The molecule has 1 aliphatic heterocycles. The number of aryl methyl sites for hydroxylation is 1. The van der Waals surface area contributed by atoms with Crippen molar-refractivity contribution in [3.05, 3.63) is 6.20 Å². The van der Waals surface area contributed by atoms with Crippen molar-refractivity contribution in [1.82, 2.24) is 19.4 Å². The molecule has 21 heavy (non-hydrogen) atoms. The monoisotopic (exact) mass is 315 g/mol. The van der Waals surface area contributed by atoms with E-state index in [1.54, 1.807) is 6.92 Å². The van der Waals surface area contributed by atoms with Crippen LogP contribution in [-0.2, 0) is 26.2 Å². The van der Waals surface area contributed by atoms with Crippen molar-refractivity contribution in [1.29, 1.82) is 0 Å². The van der Waals surface area contributed by atoms with Crippen molar-refractivity contribution < 1.29 is 18.0 Å². The van der Waals surface area contributed by atoms with Gasteiger partial charge in [0.05, 0.1) is 0 Å². The van der Waals surface area contributed by atoms with Crippen LogP contribution in [0.5, 0.6) is 0 Å². The lowest BCUT2D eigenvalue weighted by Gasteiger charge is -2.27. The van der Waals surface area contributed by atoms with Crippen molar-refractivity contribution in [3.8, 4) is 0 Å². The van der Waals surface area contributed by atoms with Crippen LogP contribution >= 0.6 is 0 Å². The summed E-state index contributed by atoms with van der Waals surface area (Å²) in [4.78, 5) is 24.0. The van der Waals surface area contributed by atoms with Gasteiger partial charge in [-0.25, -0.2) is 8.42 Å². The minimum Gasteiger partial charge on any atom is -0.381 e. The van der Waals surface area contributed by atoms with Crippen LogP contribution in [0.1, 0.15) is 19.8 Å². The lowest BCUT2D eigenvalue weighted by Crippen LogP contribution is -2.52. The molecule has 1 aliphatic rings. The minimum absolute atomic E-state index is 0.110. The van der Waals surface area contributed by atoms with Gasteiger partial charge in [0, 0.05) is 26.2 Å². The Bertz CT molecular complexity index is 681. The van der Waals surface area contributed by atoms with Gasteiger partial charge in [-0.15, -0.1) is 0 Å². The van der Waals surface area contributed by atoms with Gasteiger partial charge >= 0.3 is 0 Å². The van der Waals surface area contributed by atoms with E-state index in [0.717, 1.165) is 4.90 Å². The summed E-state index contributed by atoms with van der Waals surface area (Å²) in [5.74, 6) is -1.03. The van der Waals surface area contributed by atoms with Gasteiger partial charge in [-0.05, 0) is 13.3 Å². The largest absolute Gasteiger partial charge is 0.381 e.